The van der Waals surface area contributed by atoms with Crippen LogP contribution in [-0.2, 0) is 16.1 Å². The second-order valence-corrected chi connectivity index (χ2v) is 5.47. The van der Waals surface area contributed by atoms with Crippen molar-refractivity contribution in [1.29, 1.82) is 0 Å². The van der Waals surface area contributed by atoms with Gasteiger partial charge in [-0.05, 0) is 30.0 Å². The van der Waals surface area contributed by atoms with Gasteiger partial charge in [-0.15, -0.1) is 0 Å². The van der Waals surface area contributed by atoms with Gasteiger partial charge in [0.05, 0.1) is 0 Å². The number of amides is 2. The molecule has 1 aromatic rings. The van der Waals surface area contributed by atoms with E-state index in [0.717, 1.165) is 12.0 Å². The molecule has 0 aromatic carbocycles. The molecule has 2 amide bonds. The first-order valence-corrected chi connectivity index (χ1v) is 6.98. The standard InChI is InChI=1S/C15H21N3O2/c1-11-9-13(11)15(20)17-8-5-14(19)18(2)10-12-3-6-16-7-4-12/h3-4,6-7,11,13H,5,8-10H2,1-2H3,(H,17,20)/t11-,13-/m0/s1. The van der Waals surface area contributed by atoms with Gasteiger partial charge in [-0.25, -0.2) is 0 Å². The summed E-state index contributed by atoms with van der Waals surface area (Å²) >= 11 is 0. The zero-order chi connectivity index (χ0) is 14.5. The Morgan fingerprint density at radius 2 is 2.05 bits per heavy atom. The maximum atomic E-state index is 11.9. The highest BCUT2D eigenvalue weighted by molar-refractivity contribution is 5.82. The highest BCUT2D eigenvalue weighted by Gasteiger charge is 2.38. The Bertz CT molecular complexity index is 475. The van der Waals surface area contributed by atoms with E-state index in [1.807, 2.05) is 12.1 Å². The summed E-state index contributed by atoms with van der Waals surface area (Å²) in [6.07, 6.45) is 4.74. The molecular formula is C15H21N3O2. The number of carbonyl (C=O) groups is 2. The molecule has 0 radical (unpaired) electrons. The van der Waals surface area contributed by atoms with Gasteiger partial charge in [0.15, 0.2) is 0 Å². The van der Waals surface area contributed by atoms with Gasteiger partial charge in [0, 0.05) is 44.9 Å². The largest absolute Gasteiger partial charge is 0.355 e. The monoisotopic (exact) mass is 275 g/mol. The first kappa shape index (κ1) is 14.5. The second-order valence-electron chi connectivity index (χ2n) is 5.47. The van der Waals surface area contributed by atoms with E-state index in [9.17, 15) is 9.59 Å². The fraction of sp³-hybridized carbons (Fsp3) is 0.533. The Morgan fingerprint density at radius 1 is 1.40 bits per heavy atom. The van der Waals surface area contributed by atoms with Gasteiger partial charge < -0.3 is 10.2 Å². The molecule has 108 valence electrons. The Balaban J connectivity index is 1.67. The van der Waals surface area contributed by atoms with Gasteiger partial charge in [0.1, 0.15) is 0 Å². The molecule has 1 heterocycles. The van der Waals surface area contributed by atoms with Crippen molar-refractivity contribution in [2.24, 2.45) is 11.8 Å². The molecule has 1 aromatic heterocycles. The number of hydrogen-bond acceptors (Lipinski definition) is 3. The Morgan fingerprint density at radius 3 is 2.65 bits per heavy atom. The minimum Gasteiger partial charge on any atom is -0.355 e. The predicted molar refractivity (Wildman–Crippen MR) is 75.6 cm³/mol. The predicted octanol–water partition coefficient (Wildman–Crippen LogP) is 1.20. The third-order valence-electron chi connectivity index (χ3n) is 3.68. The van der Waals surface area contributed by atoms with E-state index in [1.54, 1.807) is 24.3 Å². The van der Waals surface area contributed by atoms with Crippen molar-refractivity contribution >= 4 is 11.8 Å². The summed E-state index contributed by atoms with van der Waals surface area (Å²) in [4.78, 5) is 29.2. The number of nitrogens with one attached hydrogen (secondary N) is 1. The summed E-state index contributed by atoms with van der Waals surface area (Å²) < 4.78 is 0. The van der Waals surface area contributed by atoms with E-state index in [0.29, 0.717) is 25.4 Å². The lowest BCUT2D eigenvalue weighted by atomic mass is 10.2. The van der Waals surface area contributed by atoms with Gasteiger partial charge in [0.25, 0.3) is 0 Å². The Labute approximate surface area is 119 Å². The van der Waals surface area contributed by atoms with E-state index in [2.05, 4.69) is 17.2 Å². The van der Waals surface area contributed by atoms with Crippen molar-refractivity contribution in [2.45, 2.75) is 26.3 Å². The van der Waals surface area contributed by atoms with Gasteiger partial charge in [-0.1, -0.05) is 6.92 Å². The molecule has 1 aliphatic rings. The third kappa shape index (κ3) is 4.05. The molecule has 0 unspecified atom stereocenters. The maximum Gasteiger partial charge on any atom is 0.224 e. The van der Waals surface area contributed by atoms with E-state index in [4.69, 9.17) is 0 Å². The van der Waals surface area contributed by atoms with Crippen LogP contribution >= 0.6 is 0 Å². The van der Waals surface area contributed by atoms with Crippen LogP contribution in [0.1, 0.15) is 25.3 Å². The van der Waals surface area contributed by atoms with Crippen molar-refractivity contribution in [1.82, 2.24) is 15.2 Å². The lowest BCUT2D eigenvalue weighted by Crippen LogP contribution is -2.32. The van der Waals surface area contributed by atoms with Crippen LogP contribution in [0.5, 0.6) is 0 Å². The van der Waals surface area contributed by atoms with Gasteiger partial charge in [-0.3, -0.25) is 14.6 Å². The summed E-state index contributed by atoms with van der Waals surface area (Å²) in [5, 5.41) is 2.83. The summed E-state index contributed by atoms with van der Waals surface area (Å²) in [5.41, 5.74) is 1.05. The van der Waals surface area contributed by atoms with E-state index in [1.165, 1.54) is 0 Å². The molecule has 0 saturated heterocycles. The number of carbonyl (C=O) groups excluding carboxylic acids is 2. The quantitative estimate of drug-likeness (QED) is 0.848. The van der Waals surface area contributed by atoms with Gasteiger partial charge in [0.2, 0.25) is 11.8 Å². The van der Waals surface area contributed by atoms with E-state index < -0.39 is 0 Å². The normalized spacial score (nSPS) is 20.3. The molecule has 1 saturated carbocycles. The fourth-order valence-electron chi connectivity index (χ4n) is 2.15. The van der Waals surface area contributed by atoms with E-state index >= 15 is 0 Å². The summed E-state index contributed by atoms with van der Waals surface area (Å²) in [7, 11) is 1.77. The SMILES string of the molecule is C[C@H]1C[C@@H]1C(=O)NCCC(=O)N(C)Cc1ccncc1. The minimum atomic E-state index is 0.0333. The molecule has 0 aliphatic heterocycles. The molecule has 1 N–H and O–H groups in total. The minimum absolute atomic E-state index is 0.0333. The van der Waals surface area contributed by atoms with Crippen molar-refractivity contribution in [2.75, 3.05) is 13.6 Å². The fourth-order valence-corrected chi connectivity index (χ4v) is 2.15. The molecule has 0 spiro atoms. The first-order chi connectivity index (χ1) is 9.58. The van der Waals surface area contributed by atoms with Crippen LogP contribution in [0.25, 0.3) is 0 Å². The average Bonchev–Trinajstić information content (AvgIpc) is 3.17. The molecule has 2 rings (SSSR count). The maximum absolute atomic E-state index is 11.9. The zero-order valence-electron chi connectivity index (χ0n) is 12.0. The Hall–Kier alpha value is -1.91. The topological polar surface area (TPSA) is 62.3 Å². The van der Waals surface area contributed by atoms with Crippen LogP contribution in [0.3, 0.4) is 0 Å². The Kier molecular flexibility index (Phi) is 4.71. The molecule has 5 nitrogen and oxygen atoms in total. The van der Waals surface area contributed by atoms with Crippen LogP contribution in [0, 0.1) is 11.8 Å². The number of pyridine rings is 1. The number of aromatic nitrogens is 1. The summed E-state index contributed by atoms with van der Waals surface area (Å²) in [6, 6.07) is 3.78. The number of hydrogen-bond donors (Lipinski definition) is 1. The van der Waals surface area contributed by atoms with Gasteiger partial charge in [-0.2, -0.15) is 0 Å². The summed E-state index contributed by atoms with van der Waals surface area (Å²) in [5.74, 6) is 0.785. The van der Waals surface area contributed by atoms with Crippen LogP contribution in [0.15, 0.2) is 24.5 Å². The number of rotatable bonds is 6. The number of nitrogens with zero attached hydrogens (tertiary/aromatic N) is 2. The van der Waals surface area contributed by atoms with E-state index in [-0.39, 0.29) is 17.7 Å². The van der Waals surface area contributed by atoms with Gasteiger partial charge >= 0.3 is 0 Å². The van der Waals surface area contributed by atoms with Crippen LogP contribution in [0.2, 0.25) is 0 Å². The molecule has 1 aliphatic carbocycles. The highest BCUT2D eigenvalue weighted by atomic mass is 16.2. The highest BCUT2D eigenvalue weighted by Crippen LogP contribution is 2.37. The van der Waals surface area contributed by atoms with Crippen LogP contribution < -0.4 is 5.32 Å². The first-order valence-electron chi connectivity index (χ1n) is 6.98. The van der Waals surface area contributed by atoms with Crippen molar-refractivity contribution < 1.29 is 9.59 Å². The van der Waals surface area contributed by atoms with Crippen molar-refractivity contribution in [3.05, 3.63) is 30.1 Å². The molecule has 20 heavy (non-hydrogen) atoms. The lowest BCUT2D eigenvalue weighted by molar-refractivity contribution is -0.130. The molecular weight excluding hydrogens is 254 g/mol. The smallest absolute Gasteiger partial charge is 0.224 e. The average molecular weight is 275 g/mol. The lowest BCUT2D eigenvalue weighted by Gasteiger charge is -2.17. The molecule has 5 heteroatoms. The van der Waals surface area contributed by atoms with Crippen LogP contribution in [-0.4, -0.2) is 35.3 Å². The second kappa shape index (κ2) is 6.50. The zero-order valence-corrected chi connectivity index (χ0v) is 12.0. The van der Waals surface area contributed by atoms with Crippen molar-refractivity contribution in [3.8, 4) is 0 Å². The molecule has 1 fully saturated rings. The third-order valence-corrected chi connectivity index (χ3v) is 3.68. The molecule has 0 bridgehead atoms. The van der Waals surface area contributed by atoms with Crippen molar-refractivity contribution in [3.63, 3.8) is 0 Å². The molecule has 2 atom stereocenters. The summed E-state index contributed by atoms with van der Waals surface area (Å²) in [6.45, 7) is 3.05. The van der Waals surface area contributed by atoms with Crippen LogP contribution in [0.4, 0.5) is 0 Å².